The zero-order chi connectivity index (χ0) is 15.3. The second-order valence-corrected chi connectivity index (χ2v) is 5.59. The van der Waals surface area contributed by atoms with Crippen molar-refractivity contribution in [2.24, 2.45) is 0 Å². The molecular formula is C18H29NO2. The molecule has 1 rings (SSSR count). The fourth-order valence-corrected chi connectivity index (χ4v) is 2.35. The van der Waals surface area contributed by atoms with Crippen LogP contribution in [0.25, 0.3) is 0 Å². The third-order valence-corrected chi connectivity index (χ3v) is 3.65. The van der Waals surface area contributed by atoms with E-state index in [4.69, 9.17) is 5.11 Å². The van der Waals surface area contributed by atoms with Gasteiger partial charge in [0.1, 0.15) is 0 Å². The number of nitrogens with one attached hydrogen (secondary N) is 1. The molecular weight excluding hydrogens is 262 g/mol. The van der Waals surface area contributed by atoms with Crippen molar-refractivity contribution < 1.29 is 9.90 Å². The average Bonchev–Trinajstić information content (AvgIpc) is 2.49. The Hall–Kier alpha value is -1.35. The molecule has 0 unspecified atom stereocenters. The molecule has 0 bridgehead atoms. The van der Waals surface area contributed by atoms with Gasteiger partial charge in [-0.3, -0.25) is 4.79 Å². The van der Waals surface area contributed by atoms with Crippen LogP contribution in [-0.2, 0) is 11.2 Å². The number of anilines is 1. The molecule has 0 fully saturated rings. The molecule has 21 heavy (non-hydrogen) atoms. The van der Waals surface area contributed by atoms with Gasteiger partial charge in [0.15, 0.2) is 0 Å². The minimum absolute atomic E-state index is 0.0958. The second-order valence-electron chi connectivity index (χ2n) is 5.59. The first-order chi connectivity index (χ1) is 10.3. The number of rotatable bonds is 11. The van der Waals surface area contributed by atoms with Crippen LogP contribution in [0.1, 0.15) is 63.9 Å². The third-order valence-electron chi connectivity index (χ3n) is 3.65. The first-order valence-electron chi connectivity index (χ1n) is 8.26. The van der Waals surface area contributed by atoms with Crippen LogP contribution < -0.4 is 5.32 Å². The van der Waals surface area contributed by atoms with E-state index in [2.05, 4.69) is 12.2 Å². The van der Waals surface area contributed by atoms with Gasteiger partial charge in [-0.25, -0.2) is 0 Å². The standard InChI is InChI=1S/C18H29NO2/c1-2-3-4-5-6-7-8-9-18(21)19-17-12-10-16(11-13-17)14-15-20/h10-13,20H,2-9,14-15H2,1H3,(H,19,21). The van der Waals surface area contributed by atoms with Crippen LogP contribution in [0.15, 0.2) is 24.3 Å². The average molecular weight is 291 g/mol. The van der Waals surface area contributed by atoms with Crippen molar-refractivity contribution in [3.8, 4) is 0 Å². The van der Waals surface area contributed by atoms with Crippen molar-refractivity contribution in [2.45, 2.75) is 64.7 Å². The lowest BCUT2D eigenvalue weighted by Crippen LogP contribution is -2.11. The summed E-state index contributed by atoms with van der Waals surface area (Å²) in [4.78, 5) is 11.8. The lowest BCUT2D eigenvalue weighted by atomic mass is 10.1. The highest BCUT2D eigenvalue weighted by atomic mass is 16.2. The maximum absolute atomic E-state index is 11.8. The number of carbonyl (C=O) groups excluding carboxylic acids is 1. The molecule has 0 aliphatic heterocycles. The van der Waals surface area contributed by atoms with Crippen molar-refractivity contribution in [3.05, 3.63) is 29.8 Å². The Morgan fingerprint density at radius 3 is 2.24 bits per heavy atom. The van der Waals surface area contributed by atoms with Crippen molar-refractivity contribution >= 4 is 11.6 Å². The highest BCUT2D eigenvalue weighted by molar-refractivity contribution is 5.90. The topological polar surface area (TPSA) is 49.3 Å². The minimum atomic E-state index is 0.0958. The molecule has 0 aliphatic carbocycles. The molecule has 0 atom stereocenters. The molecule has 0 radical (unpaired) electrons. The summed E-state index contributed by atoms with van der Waals surface area (Å²) in [7, 11) is 0. The van der Waals surface area contributed by atoms with Gasteiger partial charge in [-0.1, -0.05) is 57.6 Å². The lowest BCUT2D eigenvalue weighted by molar-refractivity contribution is -0.116. The Kier molecular flexibility index (Phi) is 9.55. The first kappa shape index (κ1) is 17.7. The Labute approximate surface area is 128 Å². The van der Waals surface area contributed by atoms with Gasteiger partial charge < -0.3 is 10.4 Å². The normalized spacial score (nSPS) is 10.6. The number of unbranched alkanes of at least 4 members (excludes halogenated alkanes) is 6. The van der Waals surface area contributed by atoms with Gasteiger partial charge in [0, 0.05) is 18.7 Å². The Morgan fingerprint density at radius 1 is 1.00 bits per heavy atom. The van der Waals surface area contributed by atoms with E-state index in [9.17, 15) is 4.79 Å². The van der Waals surface area contributed by atoms with Crippen LogP contribution in [0.5, 0.6) is 0 Å². The summed E-state index contributed by atoms with van der Waals surface area (Å²) >= 11 is 0. The fraction of sp³-hybridized carbons (Fsp3) is 0.611. The van der Waals surface area contributed by atoms with Gasteiger partial charge in [0.05, 0.1) is 0 Å². The zero-order valence-electron chi connectivity index (χ0n) is 13.2. The number of benzene rings is 1. The van der Waals surface area contributed by atoms with Crippen LogP contribution in [0.2, 0.25) is 0 Å². The molecule has 0 aliphatic rings. The summed E-state index contributed by atoms with van der Waals surface area (Å²) in [5.41, 5.74) is 1.92. The molecule has 3 nitrogen and oxygen atoms in total. The van der Waals surface area contributed by atoms with E-state index in [1.165, 1.54) is 32.1 Å². The van der Waals surface area contributed by atoms with Crippen LogP contribution in [0.3, 0.4) is 0 Å². The van der Waals surface area contributed by atoms with Crippen molar-refractivity contribution in [1.82, 2.24) is 0 Å². The molecule has 0 saturated heterocycles. The van der Waals surface area contributed by atoms with Gasteiger partial charge in [0.2, 0.25) is 5.91 Å². The molecule has 0 saturated carbocycles. The molecule has 0 aromatic heterocycles. The number of aliphatic hydroxyl groups excluding tert-OH is 1. The Morgan fingerprint density at radius 2 is 1.62 bits per heavy atom. The summed E-state index contributed by atoms with van der Waals surface area (Å²) in [6.45, 7) is 2.38. The van der Waals surface area contributed by atoms with Crippen LogP contribution in [0, 0.1) is 0 Å². The smallest absolute Gasteiger partial charge is 0.224 e. The first-order valence-corrected chi connectivity index (χ1v) is 8.26. The molecule has 3 heteroatoms. The predicted octanol–water partition coefficient (Wildman–Crippen LogP) is 4.30. The summed E-state index contributed by atoms with van der Waals surface area (Å²) < 4.78 is 0. The molecule has 1 aromatic rings. The predicted molar refractivity (Wildman–Crippen MR) is 88.5 cm³/mol. The van der Waals surface area contributed by atoms with Crippen molar-refractivity contribution in [3.63, 3.8) is 0 Å². The number of amides is 1. The van der Waals surface area contributed by atoms with Gasteiger partial charge in [-0.05, 0) is 30.5 Å². The maximum Gasteiger partial charge on any atom is 0.224 e. The minimum Gasteiger partial charge on any atom is -0.396 e. The lowest BCUT2D eigenvalue weighted by Gasteiger charge is -2.06. The second kappa shape index (κ2) is 11.3. The quantitative estimate of drug-likeness (QED) is 0.597. The number of aliphatic hydroxyl groups is 1. The largest absolute Gasteiger partial charge is 0.396 e. The highest BCUT2D eigenvalue weighted by Crippen LogP contribution is 2.12. The van der Waals surface area contributed by atoms with Crippen molar-refractivity contribution in [1.29, 1.82) is 0 Å². The summed E-state index contributed by atoms with van der Waals surface area (Å²) in [6, 6.07) is 7.68. The molecule has 0 heterocycles. The van der Waals surface area contributed by atoms with E-state index in [0.29, 0.717) is 12.8 Å². The molecule has 1 amide bonds. The van der Waals surface area contributed by atoms with Gasteiger partial charge in [-0.2, -0.15) is 0 Å². The molecule has 1 aromatic carbocycles. The third kappa shape index (κ3) is 8.51. The van der Waals surface area contributed by atoms with E-state index < -0.39 is 0 Å². The van der Waals surface area contributed by atoms with Crippen LogP contribution in [-0.4, -0.2) is 17.6 Å². The van der Waals surface area contributed by atoms with E-state index in [1.807, 2.05) is 24.3 Å². The summed E-state index contributed by atoms with van der Waals surface area (Å²) in [6.07, 6.45) is 9.84. The summed E-state index contributed by atoms with van der Waals surface area (Å²) in [5, 5.41) is 11.8. The van der Waals surface area contributed by atoms with E-state index >= 15 is 0 Å². The molecule has 118 valence electrons. The number of carbonyl (C=O) groups is 1. The Bertz CT molecular complexity index is 387. The van der Waals surface area contributed by atoms with E-state index in [-0.39, 0.29) is 12.5 Å². The maximum atomic E-state index is 11.8. The van der Waals surface area contributed by atoms with Crippen LogP contribution >= 0.6 is 0 Å². The van der Waals surface area contributed by atoms with Gasteiger partial charge >= 0.3 is 0 Å². The van der Waals surface area contributed by atoms with Gasteiger partial charge in [-0.15, -0.1) is 0 Å². The fourth-order valence-electron chi connectivity index (χ4n) is 2.35. The van der Waals surface area contributed by atoms with Gasteiger partial charge in [0.25, 0.3) is 0 Å². The zero-order valence-corrected chi connectivity index (χ0v) is 13.2. The van der Waals surface area contributed by atoms with E-state index in [1.54, 1.807) is 0 Å². The molecule has 0 spiro atoms. The monoisotopic (exact) mass is 291 g/mol. The van der Waals surface area contributed by atoms with Crippen LogP contribution in [0.4, 0.5) is 5.69 Å². The summed E-state index contributed by atoms with van der Waals surface area (Å²) in [5.74, 6) is 0.0958. The molecule has 2 N–H and O–H groups in total. The van der Waals surface area contributed by atoms with Crippen molar-refractivity contribution in [2.75, 3.05) is 11.9 Å². The number of hydrogen-bond donors (Lipinski definition) is 2. The Balaban J connectivity index is 2.12. The number of hydrogen-bond acceptors (Lipinski definition) is 2. The SMILES string of the molecule is CCCCCCCCCC(=O)Nc1ccc(CCO)cc1. The van der Waals surface area contributed by atoms with E-state index in [0.717, 1.165) is 24.1 Å². The highest BCUT2D eigenvalue weighted by Gasteiger charge is 2.02.